The van der Waals surface area contributed by atoms with E-state index in [0.717, 1.165) is 12.1 Å². The van der Waals surface area contributed by atoms with Gasteiger partial charge >= 0.3 is 0 Å². The van der Waals surface area contributed by atoms with Gasteiger partial charge in [0.2, 0.25) is 11.8 Å². The minimum Gasteiger partial charge on any atom is -0.493 e. The molecule has 220 valence electrons. The number of carbonyl (C=O) groups is 1. The zero-order valence-corrected chi connectivity index (χ0v) is 23.7. The number of aromatic nitrogens is 2. The molecule has 4 aromatic rings. The number of rotatable bonds is 10. The van der Waals surface area contributed by atoms with Crippen LogP contribution in [-0.2, 0) is 17.8 Å². The summed E-state index contributed by atoms with van der Waals surface area (Å²) < 4.78 is 49.2. The minimum absolute atomic E-state index is 0.0156. The third kappa shape index (κ3) is 6.71. The quantitative estimate of drug-likeness (QED) is 0.244. The van der Waals surface area contributed by atoms with E-state index in [2.05, 4.69) is 4.98 Å². The van der Waals surface area contributed by atoms with Crippen molar-refractivity contribution in [3.05, 3.63) is 117 Å². The van der Waals surface area contributed by atoms with Gasteiger partial charge in [-0.25, -0.2) is 13.2 Å². The largest absolute Gasteiger partial charge is 0.493 e. The topological polar surface area (TPSA) is 107 Å². The van der Waals surface area contributed by atoms with Crippen LogP contribution in [0.1, 0.15) is 66.6 Å². The fraction of sp³-hybridized carbons (Fsp3) is 0.281. The number of hydrogen-bond donors (Lipinski definition) is 2. The highest BCUT2D eigenvalue weighted by molar-refractivity contribution is 5.99. The van der Waals surface area contributed by atoms with Crippen molar-refractivity contribution in [3.8, 4) is 17.0 Å². The Labute approximate surface area is 241 Å². The molecule has 1 aromatic heterocycles. The summed E-state index contributed by atoms with van der Waals surface area (Å²) >= 11 is 0. The Bertz CT molecular complexity index is 1650. The molecular formula is C32H32F3N3O4. The van der Waals surface area contributed by atoms with Gasteiger partial charge < -0.3 is 15.6 Å². The average Bonchev–Trinajstić information content (AvgIpc) is 2.91. The summed E-state index contributed by atoms with van der Waals surface area (Å²) in [5, 5.41) is 10.9. The summed E-state index contributed by atoms with van der Waals surface area (Å²) in [6.45, 7) is 7.12. The molecule has 0 aliphatic rings. The first-order valence-electron chi connectivity index (χ1n) is 13.4. The molecular weight excluding hydrogens is 547 g/mol. The first-order valence-corrected chi connectivity index (χ1v) is 13.4. The van der Waals surface area contributed by atoms with Gasteiger partial charge in [-0.15, -0.1) is 0 Å². The van der Waals surface area contributed by atoms with Crippen molar-refractivity contribution in [2.45, 2.75) is 52.9 Å². The Morgan fingerprint density at radius 2 is 1.60 bits per heavy atom. The standard InChI is InChI=1S/C32H32F3N3O4/c1-17(2)29(21-12-23(34)14-24(35)13-21)38-28(16-42-18(3)4)37-31(40)27(32(38)41)11-19-5-7-20(8-6-19)25-10-9-22(33)15-26(25)30(36)39/h5-10,12-15,17-18,29,40H,11,16H2,1-4H3,(H2,36,39). The number of aromatic hydroxyl groups is 1. The maximum Gasteiger partial charge on any atom is 0.261 e. The second kappa shape index (κ2) is 12.6. The molecule has 3 N–H and O–H groups in total. The van der Waals surface area contributed by atoms with Gasteiger partial charge in [-0.3, -0.25) is 14.2 Å². The second-order valence-electron chi connectivity index (χ2n) is 10.7. The van der Waals surface area contributed by atoms with E-state index in [1.807, 2.05) is 13.8 Å². The molecule has 0 spiro atoms. The Kier molecular flexibility index (Phi) is 9.16. The fourth-order valence-corrected chi connectivity index (χ4v) is 4.94. The lowest BCUT2D eigenvalue weighted by atomic mass is 9.94. The van der Waals surface area contributed by atoms with Crippen LogP contribution in [0.15, 0.2) is 65.5 Å². The Balaban J connectivity index is 1.80. The summed E-state index contributed by atoms with van der Waals surface area (Å²) in [5.74, 6) is -3.59. The lowest BCUT2D eigenvalue weighted by Crippen LogP contribution is -2.35. The summed E-state index contributed by atoms with van der Waals surface area (Å²) in [4.78, 5) is 30.2. The SMILES string of the molecule is CC(C)OCc1nc(O)c(Cc2ccc(-c3ccc(F)cc3C(N)=O)cc2)c(=O)n1C(c1cc(F)cc(F)c1)C(C)C. The molecule has 0 saturated carbocycles. The van der Waals surface area contributed by atoms with Crippen molar-refractivity contribution in [1.82, 2.24) is 9.55 Å². The number of carbonyl (C=O) groups excluding carboxylic acids is 1. The molecule has 7 nitrogen and oxygen atoms in total. The molecule has 1 unspecified atom stereocenters. The highest BCUT2D eigenvalue weighted by atomic mass is 19.1. The van der Waals surface area contributed by atoms with Gasteiger partial charge in [0.1, 0.15) is 29.9 Å². The van der Waals surface area contributed by atoms with E-state index in [4.69, 9.17) is 10.5 Å². The molecule has 3 aromatic carbocycles. The number of nitrogens with two attached hydrogens (primary N) is 1. The van der Waals surface area contributed by atoms with Crippen molar-refractivity contribution < 1.29 is 27.8 Å². The van der Waals surface area contributed by atoms with Crippen molar-refractivity contribution in [1.29, 1.82) is 0 Å². The molecule has 0 saturated heterocycles. The number of benzene rings is 3. The Morgan fingerprint density at radius 3 is 2.17 bits per heavy atom. The molecule has 0 aliphatic heterocycles. The normalized spacial score (nSPS) is 12.2. The van der Waals surface area contributed by atoms with Gasteiger partial charge in [-0.1, -0.05) is 44.2 Å². The average molecular weight is 580 g/mol. The van der Waals surface area contributed by atoms with Crippen molar-refractivity contribution in [2.75, 3.05) is 0 Å². The smallest absolute Gasteiger partial charge is 0.261 e. The molecule has 0 radical (unpaired) electrons. The molecule has 1 amide bonds. The molecule has 1 atom stereocenters. The van der Waals surface area contributed by atoms with E-state index < -0.39 is 40.8 Å². The van der Waals surface area contributed by atoms with Crippen LogP contribution in [0.5, 0.6) is 5.88 Å². The van der Waals surface area contributed by atoms with Crippen LogP contribution in [-0.4, -0.2) is 26.7 Å². The molecule has 10 heteroatoms. The maximum atomic E-state index is 14.2. The monoisotopic (exact) mass is 579 g/mol. The third-order valence-electron chi connectivity index (χ3n) is 6.83. The molecule has 0 fully saturated rings. The van der Waals surface area contributed by atoms with Gasteiger partial charge in [0, 0.05) is 18.1 Å². The summed E-state index contributed by atoms with van der Waals surface area (Å²) in [6.07, 6.45) is -0.228. The van der Waals surface area contributed by atoms with Crippen molar-refractivity contribution in [2.24, 2.45) is 11.7 Å². The number of hydrogen-bond acceptors (Lipinski definition) is 5. The van der Waals surface area contributed by atoms with E-state index in [9.17, 15) is 27.9 Å². The van der Waals surface area contributed by atoms with Crippen molar-refractivity contribution in [3.63, 3.8) is 0 Å². The Hall–Kier alpha value is -4.44. The highest BCUT2D eigenvalue weighted by Gasteiger charge is 2.27. The molecule has 4 rings (SSSR count). The number of primary amides is 1. The van der Waals surface area contributed by atoms with E-state index >= 15 is 0 Å². The molecule has 1 heterocycles. The third-order valence-corrected chi connectivity index (χ3v) is 6.83. The van der Waals surface area contributed by atoms with Crippen LogP contribution in [0, 0.1) is 23.4 Å². The van der Waals surface area contributed by atoms with Gasteiger partial charge in [0.25, 0.3) is 5.56 Å². The highest BCUT2D eigenvalue weighted by Crippen LogP contribution is 2.30. The molecule has 42 heavy (non-hydrogen) atoms. The molecule has 0 bridgehead atoms. The zero-order chi connectivity index (χ0) is 30.7. The first-order chi connectivity index (χ1) is 19.8. The fourth-order valence-electron chi connectivity index (χ4n) is 4.94. The van der Waals surface area contributed by atoms with Gasteiger partial charge in [-0.2, -0.15) is 4.98 Å². The number of halogens is 3. The summed E-state index contributed by atoms with van der Waals surface area (Å²) in [5.41, 5.74) is 6.77. The lowest BCUT2D eigenvalue weighted by molar-refractivity contribution is 0.0570. The van der Waals surface area contributed by atoms with Crippen LogP contribution in [0.4, 0.5) is 13.2 Å². The first kappa shape index (κ1) is 30.5. The van der Waals surface area contributed by atoms with Crippen LogP contribution in [0.2, 0.25) is 0 Å². The Morgan fingerprint density at radius 1 is 0.952 bits per heavy atom. The van der Waals surface area contributed by atoms with Gasteiger partial charge in [0.15, 0.2) is 0 Å². The van der Waals surface area contributed by atoms with Gasteiger partial charge in [-0.05, 0) is 66.3 Å². The van der Waals surface area contributed by atoms with Crippen molar-refractivity contribution >= 4 is 5.91 Å². The van der Waals surface area contributed by atoms with Crippen LogP contribution >= 0.6 is 0 Å². The molecule has 0 aliphatic carbocycles. The number of ether oxygens (including phenoxy) is 1. The minimum atomic E-state index is -0.812. The number of amides is 1. The van der Waals surface area contributed by atoms with Crippen LogP contribution < -0.4 is 11.3 Å². The summed E-state index contributed by atoms with van der Waals surface area (Å²) in [6, 6.07) is 12.8. The predicted octanol–water partition coefficient (Wildman–Crippen LogP) is 5.89. The van der Waals surface area contributed by atoms with E-state index in [-0.39, 0.29) is 47.6 Å². The van der Waals surface area contributed by atoms with E-state index in [1.54, 1.807) is 38.1 Å². The van der Waals surface area contributed by atoms with E-state index in [0.29, 0.717) is 16.7 Å². The summed E-state index contributed by atoms with van der Waals surface area (Å²) in [7, 11) is 0. The predicted molar refractivity (Wildman–Crippen MR) is 153 cm³/mol. The second-order valence-corrected chi connectivity index (χ2v) is 10.7. The van der Waals surface area contributed by atoms with Gasteiger partial charge in [0.05, 0.1) is 17.7 Å². The zero-order valence-electron chi connectivity index (χ0n) is 23.7. The maximum absolute atomic E-state index is 14.2. The lowest BCUT2D eigenvalue weighted by Gasteiger charge is -2.27. The van der Waals surface area contributed by atoms with Crippen LogP contribution in [0.3, 0.4) is 0 Å². The number of nitrogens with zero attached hydrogens (tertiary/aromatic N) is 2. The van der Waals surface area contributed by atoms with Crippen LogP contribution in [0.25, 0.3) is 11.1 Å². The van der Waals surface area contributed by atoms with E-state index in [1.165, 1.54) is 28.8 Å².